The second-order valence-corrected chi connectivity index (χ2v) is 4.49. The lowest BCUT2D eigenvalue weighted by Gasteiger charge is -2.34. The number of likely N-dealkylation sites (tertiary alicyclic amines) is 1. The average molecular weight is 226 g/mol. The van der Waals surface area contributed by atoms with Crippen molar-refractivity contribution in [2.24, 2.45) is 17.8 Å². The van der Waals surface area contributed by atoms with Crippen LogP contribution in [0.25, 0.3) is 0 Å². The highest BCUT2D eigenvalue weighted by atomic mass is 16.6. The van der Waals surface area contributed by atoms with Crippen LogP contribution in [0.4, 0.5) is 4.79 Å². The van der Waals surface area contributed by atoms with Crippen molar-refractivity contribution in [2.75, 3.05) is 13.1 Å². The highest BCUT2D eigenvalue weighted by molar-refractivity contribution is 5.65. The molecule has 88 valence electrons. The summed E-state index contributed by atoms with van der Waals surface area (Å²) in [6.07, 6.45) is 3.70. The van der Waals surface area contributed by atoms with Gasteiger partial charge in [-0.1, -0.05) is 0 Å². The van der Waals surface area contributed by atoms with Gasteiger partial charge < -0.3 is 10.0 Å². The molecule has 1 amide bonds. The Labute approximate surface area is 92.7 Å². The van der Waals surface area contributed by atoms with Crippen LogP contribution in [-0.4, -0.2) is 34.1 Å². The zero-order valence-electron chi connectivity index (χ0n) is 8.78. The summed E-state index contributed by atoms with van der Waals surface area (Å²) in [4.78, 5) is 22.1. The van der Waals surface area contributed by atoms with Crippen LogP contribution in [-0.2, 0) is 0 Å². The quantitative estimate of drug-likeness (QED) is 0.570. The molecule has 0 spiro atoms. The Kier molecular flexibility index (Phi) is 2.80. The molecule has 16 heavy (non-hydrogen) atoms. The molecule has 6 heteroatoms. The van der Waals surface area contributed by atoms with Gasteiger partial charge in [-0.3, -0.25) is 10.1 Å². The Morgan fingerprint density at radius 3 is 2.38 bits per heavy atom. The van der Waals surface area contributed by atoms with Crippen molar-refractivity contribution in [3.05, 3.63) is 22.4 Å². The van der Waals surface area contributed by atoms with Gasteiger partial charge in [-0.2, -0.15) is 0 Å². The molecule has 0 aromatic carbocycles. The Morgan fingerprint density at radius 2 is 1.94 bits per heavy atom. The second-order valence-electron chi connectivity index (χ2n) is 4.49. The molecule has 1 saturated carbocycles. The molecule has 1 saturated heterocycles. The van der Waals surface area contributed by atoms with E-state index in [2.05, 4.69) is 0 Å². The number of hydrogen-bond donors (Lipinski definition) is 1. The largest absolute Gasteiger partial charge is 0.465 e. The highest BCUT2D eigenvalue weighted by Crippen LogP contribution is 2.42. The lowest BCUT2D eigenvalue weighted by Crippen LogP contribution is -2.43. The zero-order chi connectivity index (χ0) is 11.7. The van der Waals surface area contributed by atoms with Crippen LogP contribution < -0.4 is 0 Å². The van der Waals surface area contributed by atoms with E-state index in [1.165, 1.54) is 4.90 Å². The molecule has 2 fully saturated rings. The highest BCUT2D eigenvalue weighted by Gasteiger charge is 2.42. The predicted molar refractivity (Wildman–Crippen MR) is 55.4 cm³/mol. The SMILES string of the molecule is O=C(O)N1CC2CCC(C1)C2/C=C/[N+](=O)[O-]. The van der Waals surface area contributed by atoms with E-state index in [-0.39, 0.29) is 17.8 Å². The summed E-state index contributed by atoms with van der Waals surface area (Å²) in [6.45, 7) is 1.02. The number of rotatable bonds is 2. The first-order valence-corrected chi connectivity index (χ1v) is 5.37. The van der Waals surface area contributed by atoms with Crippen LogP contribution in [0.3, 0.4) is 0 Å². The maximum absolute atomic E-state index is 10.8. The van der Waals surface area contributed by atoms with E-state index in [0.717, 1.165) is 19.0 Å². The summed E-state index contributed by atoms with van der Waals surface area (Å²) in [6, 6.07) is 0. The minimum absolute atomic E-state index is 0.181. The predicted octanol–water partition coefficient (Wildman–Crippen LogP) is 1.41. The first-order chi connectivity index (χ1) is 7.58. The van der Waals surface area contributed by atoms with Gasteiger partial charge in [0.15, 0.2) is 0 Å². The smallest absolute Gasteiger partial charge is 0.407 e. The lowest BCUT2D eigenvalue weighted by atomic mass is 9.85. The van der Waals surface area contributed by atoms with Crippen LogP contribution in [0.5, 0.6) is 0 Å². The monoisotopic (exact) mass is 226 g/mol. The van der Waals surface area contributed by atoms with Gasteiger partial charge in [-0.25, -0.2) is 4.79 Å². The van der Waals surface area contributed by atoms with E-state index in [4.69, 9.17) is 5.11 Å². The van der Waals surface area contributed by atoms with E-state index in [1.54, 1.807) is 6.08 Å². The topological polar surface area (TPSA) is 83.7 Å². The van der Waals surface area contributed by atoms with Crippen LogP contribution in [0.1, 0.15) is 12.8 Å². The number of piperidine rings is 1. The molecule has 1 heterocycles. The van der Waals surface area contributed by atoms with Crippen molar-refractivity contribution in [2.45, 2.75) is 12.8 Å². The zero-order valence-corrected chi connectivity index (χ0v) is 8.78. The molecule has 0 aromatic heterocycles. The first-order valence-electron chi connectivity index (χ1n) is 5.37. The molecule has 2 aliphatic rings. The van der Waals surface area contributed by atoms with E-state index >= 15 is 0 Å². The molecule has 1 N–H and O–H groups in total. The van der Waals surface area contributed by atoms with Gasteiger partial charge in [-0.05, 0) is 36.7 Å². The molecule has 2 rings (SSSR count). The number of carboxylic acid groups (broad SMARTS) is 1. The summed E-state index contributed by atoms with van der Waals surface area (Å²) in [7, 11) is 0. The van der Waals surface area contributed by atoms with Gasteiger partial charge in [0.25, 0.3) is 0 Å². The summed E-state index contributed by atoms with van der Waals surface area (Å²) < 4.78 is 0. The van der Waals surface area contributed by atoms with Gasteiger partial charge in [0.1, 0.15) is 0 Å². The van der Waals surface area contributed by atoms with Crippen molar-refractivity contribution in [3.63, 3.8) is 0 Å². The summed E-state index contributed by atoms with van der Waals surface area (Å²) >= 11 is 0. The van der Waals surface area contributed by atoms with Crippen LogP contribution in [0.2, 0.25) is 0 Å². The Hall–Kier alpha value is -1.59. The van der Waals surface area contributed by atoms with Crippen molar-refractivity contribution in [1.29, 1.82) is 0 Å². The Balaban J connectivity index is 2.05. The summed E-state index contributed by atoms with van der Waals surface area (Å²) in [5.74, 6) is 0.693. The molecule has 1 aliphatic carbocycles. The molecule has 2 bridgehead atoms. The number of nitrogens with zero attached hydrogens (tertiary/aromatic N) is 2. The van der Waals surface area contributed by atoms with Gasteiger partial charge in [0.05, 0.1) is 4.92 Å². The molecule has 6 nitrogen and oxygen atoms in total. The minimum Gasteiger partial charge on any atom is -0.465 e. The number of hydrogen-bond acceptors (Lipinski definition) is 3. The van der Waals surface area contributed by atoms with Gasteiger partial charge >= 0.3 is 6.09 Å². The maximum Gasteiger partial charge on any atom is 0.407 e. The van der Waals surface area contributed by atoms with E-state index in [0.29, 0.717) is 13.1 Å². The van der Waals surface area contributed by atoms with Crippen molar-refractivity contribution < 1.29 is 14.8 Å². The molecule has 2 atom stereocenters. The molecule has 1 aliphatic heterocycles. The molecular weight excluding hydrogens is 212 g/mol. The molecule has 0 aromatic rings. The minimum atomic E-state index is -0.881. The molecule has 0 radical (unpaired) electrons. The fourth-order valence-electron chi connectivity index (χ4n) is 2.90. The molecule has 2 unspecified atom stereocenters. The second kappa shape index (κ2) is 4.11. The third-order valence-corrected chi connectivity index (χ3v) is 3.61. The van der Waals surface area contributed by atoms with E-state index in [1.807, 2.05) is 0 Å². The fourth-order valence-corrected chi connectivity index (χ4v) is 2.90. The maximum atomic E-state index is 10.8. The van der Waals surface area contributed by atoms with Crippen LogP contribution in [0, 0.1) is 27.9 Å². The number of fused-ring (bicyclic) bond motifs is 2. The van der Waals surface area contributed by atoms with Crippen LogP contribution >= 0.6 is 0 Å². The normalized spacial score (nSPS) is 33.2. The Bertz CT molecular complexity index is 328. The average Bonchev–Trinajstić information content (AvgIpc) is 2.46. The van der Waals surface area contributed by atoms with Gasteiger partial charge in [0, 0.05) is 13.1 Å². The van der Waals surface area contributed by atoms with Gasteiger partial charge in [-0.15, -0.1) is 0 Å². The van der Waals surface area contributed by atoms with Gasteiger partial charge in [0.2, 0.25) is 6.20 Å². The lowest BCUT2D eigenvalue weighted by molar-refractivity contribution is -0.403. The number of allylic oxidation sites excluding steroid dienone is 1. The number of nitro groups is 1. The van der Waals surface area contributed by atoms with Crippen molar-refractivity contribution >= 4 is 6.09 Å². The first kappa shape index (κ1) is 10.9. The van der Waals surface area contributed by atoms with Crippen LogP contribution in [0.15, 0.2) is 12.3 Å². The number of carbonyl (C=O) groups is 1. The standard InChI is InChI=1S/C10H14N2O4/c13-10(14)11-5-7-1-2-8(6-11)9(7)3-4-12(15)16/h3-4,7-9H,1-2,5-6H2,(H,13,14)/b4-3+. The van der Waals surface area contributed by atoms with E-state index in [9.17, 15) is 14.9 Å². The summed E-state index contributed by atoms with van der Waals surface area (Å²) in [5.41, 5.74) is 0. The summed E-state index contributed by atoms with van der Waals surface area (Å²) in [5, 5.41) is 19.2. The van der Waals surface area contributed by atoms with E-state index < -0.39 is 11.0 Å². The third-order valence-electron chi connectivity index (χ3n) is 3.61. The number of amides is 1. The Morgan fingerprint density at radius 1 is 1.38 bits per heavy atom. The third kappa shape index (κ3) is 2.00. The fraction of sp³-hybridized carbons (Fsp3) is 0.700. The van der Waals surface area contributed by atoms with Crippen molar-refractivity contribution in [3.8, 4) is 0 Å². The molecular formula is C10H14N2O4. The van der Waals surface area contributed by atoms with Crippen molar-refractivity contribution in [1.82, 2.24) is 4.90 Å².